The SMILES string of the molecule is O=C(O)C1CC(=O)N(c2ccc3cc[nH]c3c2)C1. The van der Waals surface area contributed by atoms with E-state index >= 15 is 0 Å². The number of nitrogens with one attached hydrogen (secondary N) is 1. The van der Waals surface area contributed by atoms with Crippen molar-refractivity contribution in [3.05, 3.63) is 30.5 Å². The van der Waals surface area contributed by atoms with Crippen molar-refractivity contribution in [1.82, 2.24) is 4.98 Å². The van der Waals surface area contributed by atoms with Crippen molar-refractivity contribution < 1.29 is 14.7 Å². The Hall–Kier alpha value is -2.30. The Morgan fingerprint density at radius 1 is 1.39 bits per heavy atom. The van der Waals surface area contributed by atoms with E-state index in [1.54, 1.807) is 4.90 Å². The maximum absolute atomic E-state index is 11.8. The van der Waals surface area contributed by atoms with E-state index in [9.17, 15) is 9.59 Å². The number of rotatable bonds is 2. The number of H-pyrrole nitrogens is 1. The van der Waals surface area contributed by atoms with E-state index in [1.165, 1.54) is 0 Å². The standard InChI is InChI=1S/C13H12N2O3/c16-12-5-9(13(17)18)7-15(12)10-2-1-8-3-4-14-11(8)6-10/h1-4,6,9,14H,5,7H2,(H,17,18). The molecular weight excluding hydrogens is 232 g/mol. The Labute approximate surface area is 103 Å². The molecule has 18 heavy (non-hydrogen) atoms. The number of aromatic nitrogens is 1. The average molecular weight is 244 g/mol. The first-order valence-electron chi connectivity index (χ1n) is 5.75. The summed E-state index contributed by atoms with van der Waals surface area (Å²) in [6.45, 7) is 0.250. The minimum atomic E-state index is -0.910. The largest absolute Gasteiger partial charge is 0.481 e. The van der Waals surface area contributed by atoms with Gasteiger partial charge in [0.05, 0.1) is 5.92 Å². The number of fused-ring (bicyclic) bond motifs is 1. The van der Waals surface area contributed by atoms with Crippen molar-refractivity contribution in [2.24, 2.45) is 5.92 Å². The van der Waals surface area contributed by atoms with E-state index in [0.717, 1.165) is 16.6 Å². The number of nitrogens with zero attached hydrogens (tertiary/aromatic N) is 1. The smallest absolute Gasteiger partial charge is 0.308 e. The summed E-state index contributed by atoms with van der Waals surface area (Å²) in [6.07, 6.45) is 1.92. The van der Waals surface area contributed by atoms with Crippen LogP contribution in [0.4, 0.5) is 5.69 Å². The Kier molecular flexibility index (Phi) is 2.33. The van der Waals surface area contributed by atoms with Gasteiger partial charge in [0.15, 0.2) is 0 Å². The lowest BCUT2D eigenvalue weighted by molar-refractivity contribution is -0.141. The third kappa shape index (κ3) is 1.64. The number of hydrogen-bond donors (Lipinski definition) is 2. The van der Waals surface area contributed by atoms with E-state index < -0.39 is 11.9 Å². The molecule has 1 saturated heterocycles. The molecule has 2 heterocycles. The molecular formula is C13H12N2O3. The average Bonchev–Trinajstić information content (AvgIpc) is 2.93. The normalized spacial score (nSPS) is 19.7. The van der Waals surface area contributed by atoms with Crippen LogP contribution < -0.4 is 4.90 Å². The number of aromatic amines is 1. The number of benzene rings is 1. The maximum atomic E-state index is 11.8. The van der Waals surface area contributed by atoms with Crippen LogP contribution in [0, 0.1) is 5.92 Å². The van der Waals surface area contributed by atoms with Gasteiger partial charge in [-0.15, -0.1) is 0 Å². The number of carbonyl (C=O) groups excluding carboxylic acids is 1. The van der Waals surface area contributed by atoms with Crippen molar-refractivity contribution >= 4 is 28.5 Å². The predicted molar refractivity (Wildman–Crippen MR) is 66.4 cm³/mol. The number of carboxylic acids is 1. The molecule has 1 atom stereocenters. The van der Waals surface area contributed by atoms with E-state index in [-0.39, 0.29) is 18.9 Å². The number of carbonyl (C=O) groups is 2. The van der Waals surface area contributed by atoms with Crippen LogP contribution in [0.15, 0.2) is 30.5 Å². The summed E-state index contributed by atoms with van der Waals surface area (Å²) in [7, 11) is 0. The van der Waals surface area contributed by atoms with Crippen molar-refractivity contribution in [2.75, 3.05) is 11.4 Å². The number of aliphatic carboxylic acids is 1. The second-order valence-corrected chi connectivity index (χ2v) is 4.49. The minimum absolute atomic E-state index is 0.0814. The lowest BCUT2D eigenvalue weighted by Gasteiger charge is -2.16. The molecule has 1 aliphatic heterocycles. The summed E-state index contributed by atoms with van der Waals surface area (Å²) < 4.78 is 0. The van der Waals surface area contributed by atoms with Gasteiger partial charge in [0.25, 0.3) is 0 Å². The summed E-state index contributed by atoms with van der Waals surface area (Å²) in [5.41, 5.74) is 1.69. The van der Waals surface area contributed by atoms with Crippen molar-refractivity contribution in [3.8, 4) is 0 Å². The maximum Gasteiger partial charge on any atom is 0.308 e. The Morgan fingerprint density at radius 2 is 2.22 bits per heavy atom. The molecule has 2 aromatic rings. The zero-order chi connectivity index (χ0) is 12.7. The quantitative estimate of drug-likeness (QED) is 0.842. The highest BCUT2D eigenvalue weighted by Gasteiger charge is 2.35. The van der Waals surface area contributed by atoms with Gasteiger partial charge in [-0.3, -0.25) is 9.59 Å². The van der Waals surface area contributed by atoms with Crippen LogP contribution in [0.5, 0.6) is 0 Å². The number of amides is 1. The van der Waals surface area contributed by atoms with Crippen molar-refractivity contribution in [1.29, 1.82) is 0 Å². The fourth-order valence-electron chi connectivity index (χ4n) is 2.33. The third-order valence-electron chi connectivity index (χ3n) is 3.32. The fraction of sp³-hybridized carbons (Fsp3) is 0.231. The fourth-order valence-corrected chi connectivity index (χ4v) is 2.33. The number of hydrogen-bond acceptors (Lipinski definition) is 2. The molecule has 5 nitrogen and oxygen atoms in total. The van der Waals surface area contributed by atoms with Crippen LogP contribution in [0.1, 0.15) is 6.42 Å². The summed E-state index contributed by atoms with van der Waals surface area (Å²) in [5.74, 6) is -1.64. The molecule has 92 valence electrons. The van der Waals surface area contributed by atoms with Gasteiger partial charge in [0.1, 0.15) is 0 Å². The molecule has 5 heteroatoms. The van der Waals surface area contributed by atoms with Crippen LogP contribution in [0.2, 0.25) is 0 Å². The molecule has 2 N–H and O–H groups in total. The highest BCUT2D eigenvalue weighted by atomic mass is 16.4. The summed E-state index contributed by atoms with van der Waals surface area (Å²) in [6, 6.07) is 7.59. The van der Waals surface area contributed by atoms with Crippen LogP contribution in [0.3, 0.4) is 0 Å². The molecule has 0 aliphatic carbocycles. The van der Waals surface area contributed by atoms with Gasteiger partial charge in [0.2, 0.25) is 5.91 Å². The van der Waals surface area contributed by atoms with Gasteiger partial charge in [-0.1, -0.05) is 6.07 Å². The van der Waals surface area contributed by atoms with Crippen molar-refractivity contribution in [2.45, 2.75) is 6.42 Å². The van der Waals surface area contributed by atoms with Crippen LogP contribution in [-0.4, -0.2) is 28.5 Å². The van der Waals surface area contributed by atoms with Gasteiger partial charge in [-0.2, -0.15) is 0 Å². The van der Waals surface area contributed by atoms with Gasteiger partial charge >= 0.3 is 5.97 Å². The summed E-state index contributed by atoms with van der Waals surface area (Å²) in [4.78, 5) is 27.3. The van der Waals surface area contributed by atoms with Crippen LogP contribution in [0.25, 0.3) is 10.9 Å². The highest BCUT2D eigenvalue weighted by molar-refractivity contribution is 6.00. The lowest BCUT2D eigenvalue weighted by atomic mass is 10.1. The molecule has 1 aliphatic rings. The van der Waals surface area contributed by atoms with Gasteiger partial charge in [-0.05, 0) is 23.6 Å². The second kappa shape index (κ2) is 3.87. The molecule has 0 saturated carbocycles. The minimum Gasteiger partial charge on any atom is -0.481 e. The summed E-state index contributed by atoms with van der Waals surface area (Å²) in [5, 5.41) is 10.0. The van der Waals surface area contributed by atoms with Crippen LogP contribution in [-0.2, 0) is 9.59 Å². The topological polar surface area (TPSA) is 73.4 Å². The highest BCUT2D eigenvalue weighted by Crippen LogP contribution is 2.27. The Morgan fingerprint density at radius 3 is 2.94 bits per heavy atom. The molecule has 1 aromatic heterocycles. The molecule has 0 radical (unpaired) electrons. The Bertz CT molecular complexity index is 632. The summed E-state index contributed by atoms with van der Waals surface area (Å²) >= 11 is 0. The predicted octanol–water partition coefficient (Wildman–Crippen LogP) is 1.61. The molecule has 1 aromatic carbocycles. The Balaban J connectivity index is 1.94. The molecule has 3 rings (SSSR count). The van der Waals surface area contributed by atoms with E-state index in [1.807, 2.05) is 30.5 Å². The second-order valence-electron chi connectivity index (χ2n) is 4.49. The molecule has 1 unspecified atom stereocenters. The third-order valence-corrected chi connectivity index (χ3v) is 3.32. The number of carboxylic acid groups (broad SMARTS) is 1. The zero-order valence-electron chi connectivity index (χ0n) is 9.59. The molecule has 0 spiro atoms. The first-order valence-corrected chi connectivity index (χ1v) is 5.75. The number of anilines is 1. The van der Waals surface area contributed by atoms with E-state index in [4.69, 9.17) is 5.11 Å². The van der Waals surface area contributed by atoms with E-state index in [2.05, 4.69) is 4.98 Å². The van der Waals surface area contributed by atoms with Crippen molar-refractivity contribution in [3.63, 3.8) is 0 Å². The lowest BCUT2D eigenvalue weighted by Crippen LogP contribution is -2.25. The first kappa shape index (κ1) is 10.8. The molecule has 1 amide bonds. The molecule has 0 bridgehead atoms. The van der Waals surface area contributed by atoms with E-state index in [0.29, 0.717) is 0 Å². The van der Waals surface area contributed by atoms with Crippen LogP contribution >= 0.6 is 0 Å². The molecule has 1 fully saturated rings. The first-order chi connectivity index (χ1) is 8.65. The monoisotopic (exact) mass is 244 g/mol. The van der Waals surface area contributed by atoms with Gasteiger partial charge < -0.3 is 15.0 Å². The van der Waals surface area contributed by atoms with Gasteiger partial charge in [0, 0.05) is 30.4 Å². The van der Waals surface area contributed by atoms with Gasteiger partial charge in [-0.25, -0.2) is 0 Å². The zero-order valence-corrected chi connectivity index (χ0v) is 9.59.